The highest BCUT2D eigenvalue weighted by molar-refractivity contribution is 5.58. The first-order valence-corrected chi connectivity index (χ1v) is 7.98. The lowest BCUT2D eigenvalue weighted by Gasteiger charge is -2.30. The summed E-state index contributed by atoms with van der Waals surface area (Å²) in [6, 6.07) is 5.88. The average Bonchev–Trinajstić information content (AvgIpc) is 2.70. The van der Waals surface area contributed by atoms with Crippen LogP contribution in [0.25, 0.3) is 0 Å². The molecule has 1 heterocycles. The maximum Gasteiger partial charge on any atom is 0.125 e. The van der Waals surface area contributed by atoms with Crippen molar-refractivity contribution >= 4 is 5.69 Å². The van der Waals surface area contributed by atoms with Crippen molar-refractivity contribution in [3.05, 3.63) is 29.6 Å². The molecular weight excluding hydrogens is 251 g/mol. The normalized spacial score (nSPS) is 26.4. The minimum atomic E-state index is -0.110. The fourth-order valence-electron chi connectivity index (χ4n) is 3.87. The molecule has 1 saturated carbocycles. The van der Waals surface area contributed by atoms with Gasteiger partial charge in [-0.3, -0.25) is 0 Å². The van der Waals surface area contributed by atoms with Crippen LogP contribution in [-0.4, -0.2) is 26.2 Å². The van der Waals surface area contributed by atoms with Crippen LogP contribution in [0.4, 0.5) is 10.1 Å². The molecule has 0 spiro atoms. The van der Waals surface area contributed by atoms with E-state index in [1.807, 2.05) is 6.07 Å². The number of benzene rings is 1. The maximum absolute atomic E-state index is 13.5. The highest BCUT2D eigenvalue weighted by Gasteiger charge is 2.27. The van der Waals surface area contributed by atoms with E-state index in [0.717, 1.165) is 25.2 Å². The quantitative estimate of drug-likeness (QED) is 0.852. The Morgan fingerprint density at radius 2 is 2.10 bits per heavy atom. The summed E-state index contributed by atoms with van der Waals surface area (Å²) in [6.45, 7) is 2.12. The lowest BCUT2D eigenvalue weighted by molar-refractivity contribution is 0.353. The Balaban J connectivity index is 1.73. The van der Waals surface area contributed by atoms with Gasteiger partial charge in [0, 0.05) is 24.8 Å². The fourth-order valence-corrected chi connectivity index (χ4v) is 3.87. The first kappa shape index (κ1) is 13.9. The van der Waals surface area contributed by atoms with E-state index in [-0.39, 0.29) is 5.82 Å². The smallest absolute Gasteiger partial charge is 0.125 e. The van der Waals surface area contributed by atoms with Crippen molar-refractivity contribution < 1.29 is 4.39 Å². The van der Waals surface area contributed by atoms with Crippen LogP contribution < -0.4 is 10.2 Å². The zero-order chi connectivity index (χ0) is 13.9. The molecular formula is C17H25FN2. The molecule has 2 unspecified atom stereocenters. The summed E-state index contributed by atoms with van der Waals surface area (Å²) >= 11 is 0. The van der Waals surface area contributed by atoms with Gasteiger partial charge in [0.1, 0.15) is 5.82 Å². The van der Waals surface area contributed by atoms with E-state index in [4.69, 9.17) is 0 Å². The first-order valence-electron chi connectivity index (χ1n) is 7.98. The number of hydrogen-bond acceptors (Lipinski definition) is 2. The topological polar surface area (TPSA) is 15.3 Å². The molecule has 1 aliphatic carbocycles. The molecule has 1 fully saturated rings. The van der Waals surface area contributed by atoms with Gasteiger partial charge in [-0.05, 0) is 49.9 Å². The van der Waals surface area contributed by atoms with Gasteiger partial charge in [0.15, 0.2) is 0 Å². The van der Waals surface area contributed by atoms with Crippen molar-refractivity contribution in [3.8, 4) is 0 Å². The molecule has 2 aliphatic rings. The third-order valence-corrected chi connectivity index (χ3v) is 5.02. The SMILES string of the molecule is CNC1CCCCCC1CN1CCc2ccc(F)cc21. The molecule has 1 aromatic carbocycles. The van der Waals surface area contributed by atoms with Gasteiger partial charge in [-0.1, -0.05) is 25.3 Å². The summed E-state index contributed by atoms with van der Waals surface area (Å²) in [5.41, 5.74) is 2.44. The minimum absolute atomic E-state index is 0.110. The van der Waals surface area contributed by atoms with Gasteiger partial charge in [-0.15, -0.1) is 0 Å². The van der Waals surface area contributed by atoms with Crippen LogP contribution >= 0.6 is 0 Å². The highest BCUT2D eigenvalue weighted by Crippen LogP contribution is 2.32. The number of halogens is 1. The predicted molar refractivity (Wildman–Crippen MR) is 81.7 cm³/mol. The highest BCUT2D eigenvalue weighted by atomic mass is 19.1. The van der Waals surface area contributed by atoms with Gasteiger partial charge in [0.25, 0.3) is 0 Å². The molecule has 0 saturated heterocycles. The molecule has 1 N–H and O–H groups in total. The van der Waals surface area contributed by atoms with Crippen LogP contribution in [0.1, 0.15) is 37.7 Å². The molecule has 3 heteroatoms. The monoisotopic (exact) mass is 276 g/mol. The van der Waals surface area contributed by atoms with Crippen LogP contribution in [-0.2, 0) is 6.42 Å². The number of rotatable bonds is 3. The average molecular weight is 276 g/mol. The van der Waals surface area contributed by atoms with E-state index < -0.39 is 0 Å². The van der Waals surface area contributed by atoms with E-state index in [0.29, 0.717) is 12.0 Å². The number of nitrogens with one attached hydrogen (secondary N) is 1. The largest absolute Gasteiger partial charge is 0.371 e. The lowest BCUT2D eigenvalue weighted by atomic mass is 9.94. The second-order valence-electron chi connectivity index (χ2n) is 6.26. The van der Waals surface area contributed by atoms with Crippen LogP contribution in [0, 0.1) is 11.7 Å². The molecule has 0 amide bonds. The summed E-state index contributed by atoms with van der Waals surface area (Å²) in [7, 11) is 2.08. The summed E-state index contributed by atoms with van der Waals surface area (Å²) in [5.74, 6) is 0.582. The Morgan fingerprint density at radius 3 is 2.95 bits per heavy atom. The second kappa shape index (κ2) is 6.13. The van der Waals surface area contributed by atoms with E-state index in [2.05, 4.69) is 17.3 Å². The molecule has 0 bridgehead atoms. The van der Waals surface area contributed by atoms with E-state index >= 15 is 0 Å². The minimum Gasteiger partial charge on any atom is -0.371 e. The van der Waals surface area contributed by atoms with Crippen LogP contribution in [0.2, 0.25) is 0 Å². The predicted octanol–water partition coefficient (Wildman–Crippen LogP) is 3.36. The first-order chi connectivity index (χ1) is 9.78. The van der Waals surface area contributed by atoms with Crippen molar-refractivity contribution in [3.63, 3.8) is 0 Å². The summed E-state index contributed by atoms with van der Waals surface area (Å²) in [4.78, 5) is 2.40. The zero-order valence-electron chi connectivity index (χ0n) is 12.4. The number of anilines is 1. The Bertz CT molecular complexity index is 460. The Kier molecular flexibility index (Phi) is 4.25. The standard InChI is InChI=1S/C17H25FN2/c1-19-16-6-4-2-3-5-14(16)12-20-10-9-13-7-8-15(18)11-17(13)20/h7-8,11,14,16,19H,2-6,9-10,12H2,1H3. The third-order valence-electron chi connectivity index (χ3n) is 5.02. The summed E-state index contributed by atoms with van der Waals surface area (Å²) < 4.78 is 13.5. The molecule has 0 radical (unpaired) electrons. The van der Waals surface area contributed by atoms with Crippen molar-refractivity contribution in [2.75, 3.05) is 25.0 Å². The number of nitrogens with zero attached hydrogens (tertiary/aromatic N) is 1. The van der Waals surface area contributed by atoms with Gasteiger partial charge >= 0.3 is 0 Å². The Hall–Kier alpha value is -1.09. The van der Waals surface area contributed by atoms with Crippen molar-refractivity contribution in [1.82, 2.24) is 5.32 Å². The molecule has 110 valence electrons. The van der Waals surface area contributed by atoms with Gasteiger partial charge in [-0.2, -0.15) is 0 Å². The van der Waals surface area contributed by atoms with Crippen LogP contribution in [0.5, 0.6) is 0 Å². The van der Waals surface area contributed by atoms with E-state index in [9.17, 15) is 4.39 Å². The van der Waals surface area contributed by atoms with E-state index in [1.165, 1.54) is 37.7 Å². The molecule has 1 aromatic rings. The van der Waals surface area contributed by atoms with Crippen molar-refractivity contribution in [2.45, 2.75) is 44.6 Å². The van der Waals surface area contributed by atoms with Gasteiger partial charge < -0.3 is 10.2 Å². The zero-order valence-corrected chi connectivity index (χ0v) is 12.4. The van der Waals surface area contributed by atoms with Crippen molar-refractivity contribution in [1.29, 1.82) is 0 Å². The molecule has 1 aliphatic heterocycles. The summed E-state index contributed by atoms with van der Waals surface area (Å²) in [5, 5.41) is 3.50. The fraction of sp³-hybridized carbons (Fsp3) is 0.647. The lowest BCUT2D eigenvalue weighted by Crippen LogP contribution is -2.40. The Morgan fingerprint density at radius 1 is 1.25 bits per heavy atom. The van der Waals surface area contributed by atoms with Crippen LogP contribution in [0.3, 0.4) is 0 Å². The molecule has 20 heavy (non-hydrogen) atoms. The second-order valence-corrected chi connectivity index (χ2v) is 6.26. The maximum atomic E-state index is 13.5. The van der Waals surface area contributed by atoms with Crippen molar-refractivity contribution in [2.24, 2.45) is 5.92 Å². The number of hydrogen-bond donors (Lipinski definition) is 1. The van der Waals surface area contributed by atoms with Crippen LogP contribution in [0.15, 0.2) is 18.2 Å². The van der Waals surface area contributed by atoms with E-state index in [1.54, 1.807) is 12.1 Å². The Labute approximate surface area is 121 Å². The number of fused-ring (bicyclic) bond motifs is 1. The third kappa shape index (κ3) is 2.83. The van der Waals surface area contributed by atoms with Gasteiger partial charge in [-0.25, -0.2) is 4.39 Å². The summed E-state index contributed by atoms with van der Waals surface area (Å²) in [6.07, 6.45) is 7.68. The molecule has 2 atom stereocenters. The molecule has 2 nitrogen and oxygen atoms in total. The van der Waals surface area contributed by atoms with Gasteiger partial charge in [0.05, 0.1) is 0 Å². The molecule has 3 rings (SSSR count). The molecule has 0 aromatic heterocycles. The van der Waals surface area contributed by atoms with Gasteiger partial charge in [0.2, 0.25) is 0 Å².